The SMILES string of the molecule is C[C@H](N)C(=O)n1c(C(=O)O)cc2occc21. The van der Waals surface area contributed by atoms with Gasteiger partial charge >= 0.3 is 5.97 Å². The molecule has 0 unspecified atom stereocenters. The first-order valence-electron chi connectivity index (χ1n) is 4.64. The highest BCUT2D eigenvalue weighted by atomic mass is 16.4. The molecule has 2 aromatic rings. The fourth-order valence-corrected chi connectivity index (χ4v) is 1.52. The fraction of sp³-hybridized carbons (Fsp3) is 0.200. The molecule has 0 spiro atoms. The van der Waals surface area contributed by atoms with Crippen LogP contribution < -0.4 is 5.73 Å². The number of hydrogen-bond donors (Lipinski definition) is 2. The molecule has 2 aromatic heterocycles. The molecule has 0 aromatic carbocycles. The molecule has 0 radical (unpaired) electrons. The van der Waals surface area contributed by atoms with E-state index in [-0.39, 0.29) is 5.69 Å². The highest BCUT2D eigenvalue weighted by molar-refractivity contribution is 6.02. The summed E-state index contributed by atoms with van der Waals surface area (Å²) in [7, 11) is 0. The summed E-state index contributed by atoms with van der Waals surface area (Å²) < 4.78 is 6.10. The van der Waals surface area contributed by atoms with Gasteiger partial charge in [0, 0.05) is 12.1 Å². The average molecular weight is 222 g/mol. The number of furan rings is 1. The lowest BCUT2D eigenvalue weighted by Crippen LogP contribution is -2.33. The van der Waals surface area contributed by atoms with Crippen molar-refractivity contribution in [2.24, 2.45) is 5.73 Å². The summed E-state index contributed by atoms with van der Waals surface area (Å²) in [5, 5.41) is 8.96. The summed E-state index contributed by atoms with van der Waals surface area (Å²) in [5.41, 5.74) is 6.09. The second kappa shape index (κ2) is 3.49. The van der Waals surface area contributed by atoms with Gasteiger partial charge < -0.3 is 15.3 Å². The van der Waals surface area contributed by atoms with Crippen molar-refractivity contribution in [3.8, 4) is 0 Å². The van der Waals surface area contributed by atoms with E-state index < -0.39 is 17.9 Å². The van der Waals surface area contributed by atoms with Crippen LogP contribution in [0.4, 0.5) is 0 Å². The van der Waals surface area contributed by atoms with Crippen molar-refractivity contribution < 1.29 is 19.1 Å². The molecule has 0 aliphatic carbocycles. The molecule has 0 aliphatic rings. The van der Waals surface area contributed by atoms with Gasteiger partial charge in [-0.3, -0.25) is 9.36 Å². The molecule has 3 N–H and O–H groups in total. The van der Waals surface area contributed by atoms with Gasteiger partial charge in [-0.25, -0.2) is 4.79 Å². The van der Waals surface area contributed by atoms with Crippen LogP contribution in [0.2, 0.25) is 0 Å². The molecule has 0 saturated carbocycles. The van der Waals surface area contributed by atoms with E-state index in [0.717, 1.165) is 4.57 Å². The molecule has 6 heteroatoms. The Labute approximate surface area is 90.2 Å². The smallest absolute Gasteiger partial charge is 0.353 e. The zero-order chi connectivity index (χ0) is 11.9. The van der Waals surface area contributed by atoms with Gasteiger partial charge in [0.25, 0.3) is 0 Å². The first kappa shape index (κ1) is 10.4. The number of nitrogens with zero attached hydrogens (tertiary/aromatic N) is 1. The van der Waals surface area contributed by atoms with Gasteiger partial charge in [-0.2, -0.15) is 0 Å². The molecule has 6 nitrogen and oxygen atoms in total. The Kier molecular flexibility index (Phi) is 2.28. The van der Waals surface area contributed by atoms with E-state index in [4.69, 9.17) is 15.3 Å². The molecule has 0 bridgehead atoms. The summed E-state index contributed by atoms with van der Waals surface area (Å²) in [4.78, 5) is 22.7. The standard InChI is InChI=1S/C10H10N2O4/c1-5(11)9(13)12-6-2-3-16-8(6)4-7(12)10(14)15/h2-5H,11H2,1H3,(H,14,15)/t5-/m0/s1. The Hall–Kier alpha value is -2.08. The molecule has 16 heavy (non-hydrogen) atoms. The summed E-state index contributed by atoms with van der Waals surface area (Å²) in [5.74, 6) is -1.67. The Balaban J connectivity index is 2.71. The molecule has 0 aliphatic heterocycles. The van der Waals surface area contributed by atoms with E-state index in [0.29, 0.717) is 11.1 Å². The number of fused-ring (bicyclic) bond motifs is 1. The molecular formula is C10H10N2O4. The van der Waals surface area contributed by atoms with Crippen LogP contribution in [0.15, 0.2) is 22.8 Å². The topological polar surface area (TPSA) is 98.5 Å². The Morgan fingerprint density at radius 1 is 1.56 bits per heavy atom. The third-order valence-electron chi connectivity index (χ3n) is 2.25. The van der Waals surface area contributed by atoms with Crippen LogP contribution in [0.5, 0.6) is 0 Å². The van der Waals surface area contributed by atoms with E-state index in [2.05, 4.69) is 0 Å². The van der Waals surface area contributed by atoms with Crippen LogP contribution in [-0.4, -0.2) is 27.6 Å². The van der Waals surface area contributed by atoms with E-state index in [1.807, 2.05) is 0 Å². The minimum absolute atomic E-state index is 0.142. The monoisotopic (exact) mass is 222 g/mol. The first-order valence-corrected chi connectivity index (χ1v) is 4.64. The Morgan fingerprint density at radius 3 is 2.81 bits per heavy atom. The van der Waals surface area contributed by atoms with Gasteiger partial charge in [-0.1, -0.05) is 0 Å². The maximum absolute atomic E-state index is 11.8. The van der Waals surface area contributed by atoms with E-state index in [1.54, 1.807) is 0 Å². The number of aromatic carboxylic acids is 1. The average Bonchev–Trinajstić information content (AvgIpc) is 2.74. The summed E-state index contributed by atoms with van der Waals surface area (Å²) in [6.45, 7) is 1.50. The predicted molar refractivity (Wildman–Crippen MR) is 55.4 cm³/mol. The number of rotatable bonds is 2. The Bertz CT molecular complexity index is 564. The lowest BCUT2D eigenvalue weighted by atomic mass is 10.3. The van der Waals surface area contributed by atoms with Gasteiger partial charge in [-0.05, 0) is 6.92 Å². The van der Waals surface area contributed by atoms with E-state index >= 15 is 0 Å². The van der Waals surface area contributed by atoms with Crippen LogP contribution in [0.3, 0.4) is 0 Å². The number of carbonyl (C=O) groups excluding carboxylic acids is 1. The minimum atomic E-state index is -1.19. The highest BCUT2D eigenvalue weighted by Gasteiger charge is 2.23. The van der Waals surface area contributed by atoms with E-state index in [1.165, 1.54) is 25.3 Å². The molecule has 1 atom stereocenters. The molecule has 0 saturated heterocycles. The number of nitrogens with two attached hydrogens (primary N) is 1. The number of carboxylic acid groups (broad SMARTS) is 1. The van der Waals surface area contributed by atoms with Crippen molar-refractivity contribution >= 4 is 23.0 Å². The summed E-state index contributed by atoms with van der Waals surface area (Å²) in [6, 6.07) is 2.06. The van der Waals surface area contributed by atoms with Crippen molar-refractivity contribution in [2.45, 2.75) is 13.0 Å². The Morgan fingerprint density at radius 2 is 2.25 bits per heavy atom. The van der Waals surface area contributed by atoms with Crippen molar-refractivity contribution in [1.82, 2.24) is 4.57 Å². The number of hydrogen-bond acceptors (Lipinski definition) is 4. The maximum atomic E-state index is 11.8. The fourth-order valence-electron chi connectivity index (χ4n) is 1.52. The first-order chi connectivity index (χ1) is 7.52. The summed E-state index contributed by atoms with van der Waals surface area (Å²) >= 11 is 0. The number of aromatic nitrogens is 1. The largest absolute Gasteiger partial charge is 0.477 e. The highest BCUT2D eigenvalue weighted by Crippen LogP contribution is 2.21. The van der Waals surface area contributed by atoms with Crippen LogP contribution in [0.25, 0.3) is 11.1 Å². The minimum Gasteiger partial charge on any atom is -0.477 e. The molecule has 0 amide bonds. The third-order valence-corrected chi connectivity index (χ3v) is 2.25. The van der Waals surface area contributed by atoms with Gasteiger partial charge in [0.15, 0.2) is 5.58 Å². The lowest BCUT2D eigenvalue weighted by Gasteiger charge is -2.07. The van der Waals surface area contributed by atoms with Crippen molar-refractivity contribution in [2.75, 3.05) is 0 Å². The number of carboxylic acids is 1. The normalized spacial score (nSPS) is 12.9. The molecule has 2 rings (SSSR count). The third kappa shape index (κ3) is 1.40. The molecule has 84 valence electrons. The molecule has 0 fully saturated rings. The van der Waals surface area contributed by atoms with Crippen molar-refractivity contribution in [3.63, 3.8) is 0 Å². The number of carbonyl (C=O) groups is 2. The zero-order valence-corrected chi connectivity index (χ0v) is 8.51. The van der Waals surface area contributed by atoms with Crippen LogP contribution in [-0.2, 0) is 0 Å². The van der Waals surface area contributed by atoms with Crippen LogP contribution in [0, 0.1) is 0 Å². The van der Waals surface area contributed by atoms with E-state index in [9.17, 15) is 9.59 Å². The maximum Gasteiger partial charge on any atom is 0.353 e. The van der Waals surface area contributed by atoms with Crippen LogP contribution in [0.1, 0.15) is 22.2 Å². The second-order valence-corrected chi connectivity index (χ2v) is 3.47. The molecular weight excluding hydrogens is 212 g/mol. The second-order valence-electron chi connectivity index (χ2n) is 3.47. The van der Waals surface area contributed by atoms with Gasteiger partial charge in [0.05, 0.1) is 17.8 Å². The molecule has 2 heterocycles. The zero-order valence-electron chi connectivity index (χ0n) is 8.51. The van der Waals surface area contributed by atoms with Crippen LogP contribution >= 0.6 is 0 Å². The predicted octanol–water partition coefficient (Wildman–Crippen LogP) is 0.920. The van der Waals surface area contributed by atoms with Gasteiger partial charge in [-0.15, -0.1) is 0 Å². The van der Waals surface area contributed by atoms with Gasteiger partial charge in [0.1, 0.15) is 5.69 Å². The lowest BCUT2D eigenvalue weighted by molar-refractivity contribution is 0.0672. The van der Waals surface area contributed by atoms with Crippen molar-refractivity contribution in [1.29, 1.82) is 0 Å². The summed E-state index contributed by atoms with van der Waals surface area (Å²) in [6.07, 6.45) is 1.39. The van der Waals surface area contributed by atoms with Gasteiger partial charge in [0.2, 0.25) is 5.91 Å². The quantitative estimate of drug-likeness (QED) is 0.787. The van der Waals surface area contributed by atoms with Crippen molar-refractivity contribution in [3.05, 3.63) is 24.1 Å².